The van der Waals surface area contributed by atoms with Gasteiger partial charge in [0.1, 0.15) is 5.82 Å². The van der Waals surface area contributed by atoms with E-state index in [9.17, 15) is 0 Å². The van der Waals surface area contributed by atoms with E-state index in [0.717, 1.165) is 32.2 Å². The number of nitrogens with two attached hydrogens (primary N) is 2. The molecule has 0 bridgehead atoms. The zero-order chi connectivity index (χ0) is 14.3. The zero-order valence-electron chi connectivity index (χ0n) is 12.7. The van der Waals surface area contributed by atoms with Crippen molar-refractivity contribution in [2.75, 3.05) is 13.7 Å². The van der Waals surface area contributed by atoms with E-state index in [-0.39, 0.29) is 0 Å². The van der Waals surface area contributed by atoms with Crippen molar-refractivity contribution in [3.63, 3.8) is 0 Å². The normalized spacial score (nSPS) is 23.4. The van der Waals surface area contributed by atoms with Gasteiger partial charge >= 0.3 is 0 Å². The Balaban J connectivity index is 2.59. The fourth-order valence-electron chi connectivity index (χ4n) is 2.44. The number of hydrogen-bond acceptors (Lipinski definition) is 5. The van der Waals surface area contributed by atoms with Gasteiger partial charge in [-0.1, -0.05) is 39.5 Å². The predicted octanol–water partition coefficient (Wildman–Crippen LogP) is 2.01. The second-order valence-electron chi connectivity index (χ2n) is 5.26. The van der Waals surface area contributed by atoms with Crippen molar-refractivity contribution in [1.29, 1.82) is 0 Å². The van der Waals surface area contributed by atoms with Crippen molar-refractivity contribution in [2.24, 2.45) is 11.5 Å². The summed E-state index contributed by atoms with van der Waals surface area (Å²) < 4.78 is 5.63. The molecule has 1 atom stereocenters. The van der Waals surface area contributed by atoms with E-state index in [1.54, 1.807) is 7.11 Å². The van der Waals surface area contributed by atoms with Crippen LogP contribution >= 0.6 is 0 Å². The van der Waals surface area contributed by atoms with Gasteiger partial charge in [-0.05, 0) is 19.3 Å². The molecule has 0 aromatic carbocycles. The molecule has 0 radical (unpaired) electrons. The number of rotatable bonds is 9. The third-order valence-corrected chi connectivity index (χ3v) is 3.78. The summed E-state index contributed by atoms with van der Waals surface area (Å²) in [5.41, 5.74) is 15.6. The SMILES string of the molecule is CCCCCCN1NC(CCCC)(OC)C(N)=C1N. The number of unbranched alkanes of at least 4 members (excludes halogenated alkanes) is 4. The minimum absolute atomic E-state index is 0.606. The van der Waals surface area contributed by atoms with Gasteiger partial charge in [0.15, 0.2) is 5.72 Å². The maximum absolute atomic E-state index is 6.16. The van der Waals surface area contributed by atoms with E-state index in [1.165, 1.54) is 19.3 Å². The van der Waals surface area contributed by atoms with Gasteiger partial charge in [0.2, 0.25) is 0 Å². The van der Waals surface area contributed by atoms with E-state index in [1.807, 2.05) is 5.01 Å². The quantitative estimate of drug-likeness (QED) is 0.559. The van der Waals surface area contributed by atoms with Gasteiger partial charge in [0, 0.05) is 13.7 Å². The molecule has 1 unspecified atom stereocenters. The van der Waals surface area contributed by atoms with Crippen molar-refractivity contribution in [2.45, 2.75) is 64.5 Å². The van der Waals surface area contributed by atoms with Gasteiger partial charge < -0.3 is 16.2 Å². The fraction of sp³-hybridized carbons (Fsp3) is 0.857. The van der Waals surface area contributed by atoms with Gasteiger partial charge in [-0.15, -0.1) is 0 Å². The topological polar surface area (TPSA) is 76.5 Å². The van der Waals surface area contributed by atoms with Crippen molar-refractivity contribution >= 4 is 0 Å². The molecular weight excluding hydrogens is 240 g/mol. The molecule has 0 fully saturated rings. The number of ether oxygens (including phenoxy) is 1. The van der Waals surface area contributed by atoms with Crippen LogP contribution in [0.15, 0.2) is 11.5 Å². The van der Waals surface area contributed by atoms with Crippen LogP contribution in [0.25, 0.3) is 0 Å². The van der Waals surface area contributed by atoms with Crippen LogP contribution in [0.1, 0.15) is 58.8 Å². The van der Waals surface area contributed by atoms with Crippen LogP contribution in [0.2, 0.25) is 0 Å². The first-order valence-electron chi connectivity index (χ1n) is 7.47. The van der Waals surface area contributed by atoms with E-state index in [0.29, 0.717) is 11.5 Å². The molecule has 1 heterocycles. The summed E-state index contributed by atoms with van der Waals surface area (Å²) in [7, 11) is 1.68. The maximum atomic E-state index is 6.16. The second-order valence-corrected chi connectivity index (χ2v) is 5.26. The first-order chi connectivity index (χ1) is 9.11. The van der Waals surface area contributed by atoms with Crippen molar-refractivity contribution in [3.05, 3.63) is 11.5 Å². The number of nitrogens with one attached hydrogen (secondary N) is 1. The lowest BCUT2D eigenvalue weighted by molar-refractivity contribution is -0.0442. The van der Waals surface area contributed by atoms with Crippen LogP contribution in [-0.2, 0) is 4.74 Å². The minimum atomic E-state index is -0.606. The largest absolute Gasteiger partial charge is 0.396 e. The number of methoxy groups -OCH3 is 1. The molecule has 0 aliphatic carbocycles. The van der Waals surface area contributed by atoms with E-state index in [2.05, 4.69) is 19.3 Å². The Bertz CT molecular complexity index is 306. The molecule has 1 aliphatic rings. The molecule has 112 valence electrons. The van der Waals surface area contributed by atoms with Crippen LogP contribution < -0.4 is 16.9 Å². The first kappa shape index (κ1) is 16.1. The second kappa shape index (κ2) is 7.60. The molecule has 0 spiro atoms. The third kappa shape index (κ3) is 3.76. The Kier molecular flexibility index (Phi) is 6.45. The highest BCUT2D eigenvalue weighted by Gasteiger charge is 2.42. The standard InChI is InChI=1S/C14H30N4O/c1-4-6-8-9-11-18-13(16)12(15)14(17-18,19-3)10-7-5-2/h17H,4-11,15-16H2,1-3H3. The minimum Gasteiger partial charge on any atom is -0.396 e. The zero-order valence-corrected chi connectivity index (χ0v) is 12.7. The number of hydrazine groups is 1. The molecule has 19 heavy (non-hydrogen) atoms. The molecular formula is C14H30N4O. The molecule has 0 amide bonds. The van der Waals surface area contributed by atoms with Crippen LogP contribution in [0.4, 0.5) is 0 Å². The summed E-state index contributed by atoms with van der Waals surface area (Å²) in [6.07, 6.45) is 7.84. The smallest absolute Gasteiger partial charge is 0.179 e. The summed E-state index contributed by atoms with van der Waals surface area (Å²) in [4.78, 5) is 0. The molecule has 0 saturated heterocycles. The van der Waals surface area contributed by atoms with Crippen molar-refractivity contribution in [3.8, 4) is 0 Å². The van der Waals surface area contributed by atoms with E-state index >= 15 is 0 Å². The summed E-state index contributed by atoms with van der Waals surface area (Å²) >= 11 is 0. The Labute approximate surface area is 117 Å². The van der Waals surface area contributed by atoms with Crippen molar-refractivity contribution in [1.82, 2.24) is 10.4 Å². The number of nitrogens with zero attached hydrogens (tertiary/aromatic N) is 1. The third-order valence-electron chi connectivity index (χ3n) is 3.78. The summed E-state index contributed by atoms with van der Waals surface area (Å²) in [6.45, 7) is 5.24. The summed E-state index contributed by atoms with van der Waals surface area (Å²) in [6, 6.07) is 0. The van der Waals surface area contributed by atoms with Gasteiger partial charge in [-0.3, -0.25) is 5.01 Å². The first-order valence-corrected chi connectivity index (χ1v) is 7.47. The monoisotopic (exact) mass is 270 g/mol. The molecule has 1 rings (SSSR count). The van der Waals surface area contributed by atoms with Gasteiger partial charge in [0.05, 0.1) is 5.70 Å². The highest BCUT2D eigenvalue weighted by atomic mass is 16.5. The lowest BCUT2D eigenvalue weighted by atomic mass is 10.0. The van der Waals surface area contributed by atoms with Crippen molar-refractivity contribution < 1.29 is 4.74 Å². The lowest BCUT2D eigenvalue weighted by Gasteiger charge is -2.31. The number of hydrogen-bond donors (Lipinski definition) is 3. The molecule has 0 saturated carbocycles. The van der Waals surface area contributed by atoms with E-state index < -0.39 is 5.72 Å². The molecule has 1 aliphatic heterocycles. The van der Waals surface area contributed by atoms with E-state index in [4.69, 9.17) is 16.2 Å². The average Bonchev–Trinajstić information content (AvgIpc) is 2.67. The van der Waals surface area contributed by atoms with Crippen LogP contribution in [0, 0.1) is 0 Å². The Morgan fingerprint density at radius 3 is 2.37 bits per heavy atom. The molecule has 0 aromatic rings. The van der Waals surface area contributed by atoms with Crippen LogP contribution in [-0.4, -0.2) is 24.4 Å². The Hall–Kier alpha value is -0.940. The Morgan fingerprint density at radius 1 is 1.11 bits per heavy atom. The molecule has 5 heteroatoms. The predicted molar refractivity (Wildman–Crippen MR) is 78.6 cm³/mol. The molecule has 5 nitrogen and oxygen atoms in total. The summed E-state index contributed by atoms with van der Waals surface area (Å²) in [5, 5.41) is 1.95. The van der Waals surface area contributed by atoms with Gasteiger partial charge in [-0.2, -0.15) is 5.43 Å². The molecule has 5 N–H and O–H groups in total. The van der Waals surface area contributed by atoms with Gasteiger partial charge in [-0.25, -0.2) is 0 Å². The van der Waals surface area contributed by atoms with Crippen LogP contribution in [0.5, 0.6) is 0 Å². The fourth-order valence-corrected chi connectivity index (χ4v) is 2.44. The Morgan fingerprint density at radius 2 is 1.79 bits per heavy atom. The van der Waals surface area contributed by atoms with Crippen LogP contribution in [0.3, 0.4) is 0 Å². The highest BCUT2D eigenvalue weighted by Crippen LogP contribution is 2.29. The maximum Gasteiger partial charge on any atom is 0.179 e. The summed E-state index contributed by atoms with van der Waals surface area (Å²) in [5.74, 6) is 0.620. The van der Waals surface area contributed by atoms with Gasteiger partial charge in [0.25, 0.3) is 0 Å². The highest BCUT2D eigenvalue weighted by molar-refractivity contribution is 5.23. The lowest BCUT2D eigenvalue weighted by Crippen LogP contribution is -2.51. The average molecular weight is 270 g/mol. The molecule has 0 aromatic heterocycles.